The molecular formula is C17H14F2N2O3. The monoisotopic (exact) mass is 332 g/mol. The number of nitrogens with zero attached hydrogens (tertiary/aromatic N) is 1. The fourth-order valence-electron chi connectivity index (χ4n) is 2.51. The first-order valence-electron chi connectivity index (χ1n) is 7.29. The van der Waals surface area contributed by atoms with Crippen molar-refractivity contribution >= 4 is 22.7 Å². The Kier molecular flexibility index (Phi) is 3.92. The minimum atomic E-state index is -0.953. The van der Waals surface area contributed by atoms with E-state index in [9.17, 15) is 18.4 Å². The molecule has 0 aliphatic heterocycles. The average Bonchev–Trinajstić information content (AvgIpc) is 2.82. The SMILES string of the molecule is CC(C)n1c(=O)oc2cc(NC(=O)c3c(F)cccc3F)ccc21. The number of oxazole rings is 1. The van der Waals surface area contributed by atoms with Crippen LogP contribution in [0.4, 0.5) is 14.5 Å². The molecule has 3 aromatic rings. The van der Waals surface area contributed by atoms with Crippen molar-refractivity contribution in [1.29, 1.82) is 0 Å². The smallest absolute Gasteiger partial charge is 0.408 e. The van der Waals surface area contributed by atoms with Crippen molar-refractivity contribution in [3.8, 4) is 0 Å². The molecule has 2 aromatic carbocycles. The first-order chi connectivity index (χ1) is 11.4. The largest absolute Gasteiger partial charge is 0.420 e. The molecule has 0 atom stereocenters. The van der Waals surface area contributed by atoms with E-state index in [0.29, 0.717) is 5.52 Å². The molecule has 0 bridgehead atoms. The van der Waals surface area contributed by atoms with Gasteiger partial charge >= 0.3 is 5.76 Å². The molecule has 1 aromatic heterocycles. The highest BCUT2D eigenvalue weighted by atomic mass is 19.1. The summed E-state index contributed by atoms with van der Waals surface area (Å²) >= 11 is 0. The van der Waals surface area contributed by atoms with Crippen LogP contribution in [0, 0.1) is 11.6 Å². The van der Waals surface area contributed by atoms with Crippen molar-refractivity contribution < 1.29 is 18.0 Å². The molecule has 1 N–H and O–H groups in total. The quantitative estimate of drug-likeness (QED) is 0.795. The highest BCUT2D eigenvalue weighted by Crippen LogP contribution is 2.22. The van der Waals surface area contributed by atoms with Gasteiger partial charge in [0.15, 0.2) is 5.58 Å². The summed E-state index contributed by atoms with van der Waals surface area (Å²) in [5.41, 5.74) is 0.448. The topological polar surface area (TPSA) is 64.2 Å². The van der Waals surface area contributed by atoms with Gasteiger partial charge in [-0.15, -0.1) is 0 Å². The Balaban J connectivity index is 1.96. The van der Waals surface area contributed by atoms with Crippen LogP contribution in [0.15, 0.2) is 45.6 Å². The molecule has 0 saturated heterocycles. The number of halogens is 2. The zero-order valence-electron chi connectivity index (χ0n) is 13.0. The Bertz CT molecular complexity index is 969. The van der Waals surface area contributed by atoms with E-state index in [1.807, 2.05) is 13.8 Å². The molecule has 0 aliphatic rings. The third-order valence-electron chi connectivity index (χ3n) is 3.58. The lowest BCUT2D eigenvalue weighted by molar-refractivity contribution is 0.101. The first-order valence-corrected chi connectivity index (χ1v) is 7.29. The van der Waals surface area contributed by atoms with Gasteiger partial charge in [0.25, 0.3) is 5.91 Å². The number of hydrogen-bond donors (Lipinski definition) is 1. The Morgan fingerprint density at radius 2 is 1.83 bits per heavy atom. The second-order valence-corrected chi connectivity index (χ2v) is 5.57. The molecule has 124 valence electrons. The summed E-state index contributed by atoms with van der Waals surface area (Å²) in [6.07, 6.45) is 0. The number of amides is 1. The first kappa shape index (κ1) is 15.9. The fraction of sp³-hybridized carbons (Fsp3) is 0.176. The van der Waals surface area contributed by atoms with Gasteiger partial charge in [0.05, 0.1) is 5.52 Å². The van der Waals surface area contributed by atoms with Crippen LogP contribution in [0.25, 0.3) is 11.1 Å². The fourth-order valence-corrected chi connectivity index (χ4v) is 2.51. The zero-order chi connectivity index (χ0) is 17.4. The van der Waals surface area contributed by atoms with Crippen LogP contribution >= 0.6 is 0 Å². The van der Waals surface area contributed by atoms with Crippen LogP contribution in [-0.4, -0.2) is 10.5 Å². The lowest BCUT2D eigenvalue weighted by atomic mass is 10.1. The van der Waals surface area contributed by atoms with Crippen LogP contribution in [0.5, 0.6) is 0 Å². The van der Waals surface area contributed by atoms with Crippen molar-refractivity contribution in [1.82, 2.24) is 4.57 Å². The van der Waals surface area contributed by atoms with Gasteiger partial charge in [0.2, 0.25) is 0 Å². The van der Waals surface area contributed by atoms with E-state index >= 15 is 0 Å². The summed E-state index contributed by atoms with van der Waals surface area (Å²) in [6, 6.07) is 7.67. The predicted molar refractivity (Wildman–Crippen MR) is 85.2 cm³/mol. The number of aromatic nitrogens is 1. The third-order valence-corrected chi connectivity index (χ3v) is 3.58. The molecule has 5 nitrogen and oxygen atoms in total. The number of carbonyl (C=O) groups excluding carboxylic acids is 1. The minimum absolute atomic E-state index is 0.0910. The van der Waals surface area contributed by atoms with Crippen LogP contribution in [-0.2, 0) is 0 Å². The second kappa shape index (κ2) is 5.92. The van der Waals surface area contributed by atoms with E-state index in [4.69, 9.17) is 4.42 Å². The Hall–Kier alpha value is -2.96. The average molecular weight is 332 g/mol. The Morgan fingerprint density at radius 3 is 2.46 bits per heavy atom. The maximum Gasteiger partial charge on any atom is 0.420 e. The molecule has 0 radical (unpaired) electrons. The molecular weight excluding hydrogens is 318 g/mol. The predicted octanol–water partition coefficient (Wildman–Crippen LogP) is 3.71. The molecule has 7 heteroatoms. The van der Waals surface area contributed by atoms with Crippen molar-refractivity contribution in [2.75, 3.05) is 5.32 Å². The van der Waals surface area contributed by atoms with Crippen LogP contribution in [0.3, 0.4) is 0 Å². The van der Waals surface area contributed by atoms with E-state index in [1.165, 1.54) is 22.8 Å². The van der Waals surface area contributed by atoms with Gasteiger partial charge in [-0.05, 0) is 38.1 Å². The molecule has 24 heavy (non-hydrogen) atoms. The van der Waals surface area contributed by atoms with Crippen molar-refractivity contribution in [3.05, 3.63) is 64.1 Å². The molecule has 1 amide bonds. The maximum atomic E-state index is 13.6. The van der Waals surface area contributed by atoms with Crippen LogP contribution in [0.1, 0.15) is 30.2 Å². The molecule has 3 rings (SSSR count). The van der Waals surface area contributed by atoms with E-state index in [1.54, 1.807) is 6.07 Å². The summed E-state index contributed by atoms with van der Waals surface area (Å²) in [5.74, 6) is -3.34. The number of anilines is 1. The lowest BCUT2D eigenvalue weighted by Crippen LogP contribution is -2.16. The normalized spacial score (nSPS) is 11.2. The van der Waals surface area contributed by atoms with Gasteiger partial charge in [0.1, 0.15) is 17.2 Å². The highest BCUT2D eigenvalue weighted by Gasteiger charge is 2.18. The summed E-state index contributed by atoms with van der Waals surface area (Å²) < 4.78 is 33.9. The molecule has 0 saturated carbocycles. The van der Waals surface area contributed by atoms with Gasteiger partial charge in [0, 0.05) is 17.8 Å². The molecule has 0 aliphatic carbocycles. The van der Waals surface area contributed by atoms with E-state index in [-0.39, 0.29) is 17.3 Å². The van der Waals surface area contributed by atoms with Gasteiger partial charge in [-0.1, -0.05) is 6.07 Å². The van der Waals surface area contributed by atoms with Gasteiger partial charge in [-0.25, -0.2) is 13.6 Å². The summed E-state index contributed by atoms with van der Waals surface area (Å²) in [7, 11) is 0. The molecule has 0 unspecified atom stereocenters. The number of benzene rings is 2. The van der Waals surface area contributed by atoms with Crippen molar-refractivity contribution in [3.63, 3.8) is 0 Å². The lowest BCUT2D eigenvalue weighted by Gasteiger charge is -2.08. The number of nitrogens with one attached hydrogen (secondary N) is 1. The number of carbonyl (C=O) groups is 1. The number of rotatable bonds is 3. The zero-order valence-corrected chi connectivity index (χ0v) is 13.0. The maximum absolute atomic E-state index is 13.6. The Morgan fingerprint density at radius 1 is 1.17 bits per heavy atom. The van der Waals surface area contributed by atoms with Crippen molar-refractivity contribution in [2.24, 2.45) is 0 Å². The summed E-state index contributed by atoms with van der Waals surface area (Å²) in [5, 5.41) is 2.40. The van der Waals surface area contributed by atoms with Crippen molar-refractivity contribution in [2.45, 2.75) is 19.9 Å². The molecule has 1 heterocycles. The van der Waals surface area contributed by atoms with E-state index < -0.39 is 28.9 Å². The highest BCUT2D eigenvalue weighted by molar-refractivity contribution is 6.05. The van der Waals surface area contributed by atoms with Crippen LogP contribution in [0.2, 0.25) is 0 Å². The van der Waals surface area contributed by atoms with Gasteiger partial charge in [-0.2, -0.15) is 0 Å². The standard InChI is InChI=1S/C17H14F2N2O3/c1-9(2)21-13-7-6-10(8-14(13)24-17(21)23)20-16(22)15-11(18)4-3-5-12(15)19/h3-9H,1-2H3,(H,20,22). The number of hydrogen-bond acceptors (Lipinski definition) is 3. The second-order valence-electron chi connectivity index (χ2n) is 5.57. The van der Waals surface area contributed by atoms with Crippen LogP contribution < -0.4 is 11.1 Å². The Labute approximate surface area is 135 Å². The summed E-state index contributed by atoms with van der Waals surface area (Å²) in [4.78, 5) is 23.9. The molecule has 0 fully saturated rings. The van der Waals surface area contributed by atoms with E-state index in [0.717, 1.165) is 12.1 Å². The number of fused-ring (bicyclic) bond motifs is 1. The minimum Gasteiger partial charge on any atom is -0.408 e. The van der Waals surface area contributed by atoms with Gasteiger partial charge < -0.3 is 9.73 Å². The third kappa shape index (κ3) is 2.68. The molecule has 0 spiro atoms. The van der Waals surface area contributed by atoms with Gasteiger partial charge in [-0.3, -0.25) is 9.36 Å². The van der Waals surface area contributed by atoms with E-state index in [2.05, 4.69) is 5.32 Å². The summed E-state index contributed by atoms with van der Waals surface area (Å²) in [6.45, 7) is 3.68.